The molecule has 4 bridgehead atoms. The second kappa shape index (κ2) is 7.54. The van der Waals surface area contributed by atoms with Gasteiger partial charge in [-0.25, -0.2) is 0 Å². The first-order valence-corrected chi connectivity index (χ1v) is 11.0. The van der Waals surface area contributed by atoms with E-state index >= 15 is 0 Å². The van der Waals surface area contributed by atoms with Gasteiger partial charge in [-0.3, -0.25) is 9.59 Å². The largest absolute Gasteiger partial charge is 0.486 e. The van der Waals surface area contributed by atoms with Crippen molar-refractivity contribution in [2.75, 3.05) is 19.8 Å². The van der Waals surface area contributed by atoms with E-state index in [-0.39, 0.29) is 17.2 Å². The number of hydrogen-bond donors (Lipinski definition) is 2. The minimum Gasteiger partial charge on any atom is -0.486 e. The Bertz CT molecular complexity index is 771. The molecule has 29 heavy (non-hydrogen) atoms. The standard InChI is InChI=1S/C23H30N2O4/c26-21(25-14-15-1-2-19-20(10-15)29-6-5-28-19)3-4-24-22(27)23-11-16-7-17(12-23)9-18(8-16)13-23/h1-2,10,16-18H,3-9,11-14H2,(H,24,27)(H,25,26). The molecule has 6 nitrogen and oxygen atoms in total. The van der Waals surface area contributed by atoms with Gasteiger partial charge in [0, 0.05) is 24.9 Å². The van der Waals surface area contributed by atoms with Crippen molar-refractivity contribution < 1.29 is 19.1 Å². The first kappa shape index (κ1) is 18.8. The molecule has 1 aromatic rings. The number of nitrogens with one attached hydrogen (secondary N) is 2. The van der Waals surface area contributed by atoms with E-state index in [0.717, 1.165) is 54.1 Å². The number of carbonyl (C=O) groups is 2. The number of hydrogen-bond acceptors (Lipinski definition) is 4. The second-order valence-electron chi connectivity index (χ2n) is 9.46. The van der Waals surface area contributed by atoms with Gasteiger partial charge in [0.05, 0.1) is 0 Å². The first-order valence-electron chi connectivity index (χ1n) is 11.0. The summed E-state index contributed by atoms with van der Waals surface area (Å²) in [6.45, 7) is 1.97. The van der Waals surface area contributed by atoms with Gasteiger partial charge in [-0.2, -0.15) is 0 Å². The van der Waals surface area contributed by atoms with Crippen molar-refractivity contribution in [2.24, 2.45) is 23.2 Å². The van der Waals surface area contributed by atoms with Crippen LogP contribution in [0.2, 0.25) is 0 Å². The molecule has 0 saturated heterocycles. The minimum absolute atomic E-state index is 0.0503. The highest BCUT2D eigenvalue weighted by Crippen LogP contribution is 2.60. The molecule has 1 aromatic carbocycles. The summed E-state index contributed by atoms with van der Waals surface area (Å²) in [7, 11) is 0. The van der Waals surface area contributed by atoms with E-state index in [2.05, 4.69) is 10.6 Å². The lowest BCUT2D eigenvalue weighted by Crippen LogP contribution is -2.53. The summed E-state index contributed by atoms with van der Waals surface area (Å²) >= 11 is 0. The van der Waals surface area contributed by atoms with Gasteiger partial charge in [0.2, 0.25) is 11.8 Å². The van der Waals surface area contributed by atoms with E-state index in [1.165, 1.54) is 19.3 Å². The van der Waals surface area contributed by atoms with Gasteiger partial charge >= 0.3 is 0 Å². The van der Waals surface area contributed by atoms with Crippen LogP contribution in [0.1, 0.15) is 50.5 Å². The molecule has 6 heteroatoms. The Morgan fingerprint density at radius 3 is 2.28 bits per heavy atom. The van der Waals surface area contributed by atoms with Crippen LogP contribution < -0.4 is 20.1 Å². The van der Waals surface area contributed by atoms with Crippen molar-refractivity contribution in [1.82, 2.24) is 10.6 Å². The van der Waals surface area contributed by atoms with Crippen LogP contribution in [0.15, 0.2) is 18.2 Å². The lowest BCUT2D eigenvalue weighted by Gasteiger charge is -2.55. The third kappa shape index (κ3) is 3.81. The molecule has 5 aliphatic rings. The van der Waals surface area contributed by atoms with Crippen molar-refractivity contribution in [3.63, 3.8) is 0 Å². The quantitative estimate of drug-likeness (QED) is 0.773. The van der Waals surface area contributed by atoms with E-state index in [9.17, 15) is 9.59 Å². The van der Waals surface area contributed by atoms with Gasteiger partial charge in [-0.15, -0.1) is 0 Å². The third-order valence-corrected chi connectivity index (χ3v) is 7.25. The van der Waals surface area contributed by atoms with Gasteiger partial charge in [0.25, 0.3) is 0 Å². The molecule has 156 valence electrons. The van der Waals surface area contributed by atoms with Crippen molar-refractivity contribution >= 4 is 11.8 Å². The summed E-state index contributed by atoms with van der Waals surface area (Å²) < 4.78 is 11.1. The Kier molecular flexibility index (Phi) is 4.88. The Morgan fingerprint density at radius 2 is 1.59 bits per heavy atom. The molecule has 6 rings (SSSR count). The topological polar surface area (TPSA) is 76.7 Å². The van der Waals surface area contributed by atoms with Crippen LogP contribution in [-0.2, 0) is 16.1 Å². The maximum atomic E-state index is 12.9. The Hall–Kier alpha value is -2.24. The van der Waals surface area contributed by atoms with Crippen LogP contribution in [0, 0.1) is 23.2 Å². The maximum Gasteiger partial charge on any atom is 0.226 e. The van der Waals surface area contributed by atoms with E-state index in [1.807, 2.05) is 18.2 Å². The molecule has 4 aliphatic carbocycles. The van der Waals surface area contributed by atoms with Gasteiger partial charge in [0.1, 0.15) is 13.2 Å². The fraction of sp³-hybridized carbons (Fsp3) is 0.652. The summed E-state index contributed by atoms with van der Waals surface area (Å²) in [5.74, 6) is 3.87. The monoisotopic (exact) mass is 398 g/mol. The van der Waals surface area contributed by atoms with Crippen LogP contribution in [-0.4, -0.2) is 31.6 Å². The normalized spacial score (nSPS) is 31.4. The first-order chi connectivity index (χ1) is 14.1. The molecule has 1 aliphatic heterocycles. The van der Waals surface area contributed by atoms with E-state index in [0.29, 0.717) is 32.7 Å². The molecular weight excluding hydrogens is 368 g/mol. The average molecular weight is 399 g/mol. The number of benzene rings is 1. The summed E-state index contributed by atoms with van der Waals surface area (Å²) in [6.07, 6.45) is 7.46. The molecule has 2 amide bonds. The van der Waals surface area contributed by atoms with Crippen LogP contribution in [0.3, 0.4) is 0 Å². The van der Waals surface area contributed by atoms with Crippen LogP contribution >= 0.6 is 0 Å². The third-order valence-electron chi connectivity index (χ3n) is 7.25. The summed E-state index contributed by atoms with van der Waals surface area (Å²) in [5.41, 5.74) is 0.830. The highest BCUT2D eigenvalue weighted by Gasteiger charge is 2.54. The smallest absolute Gasteiger partial charge is 0.226 e. The fourth-order valence-electron chi connectivity index (χ4n) is 6.35. The minimum atomic E-state index is -0.142. The number of rotatable bonds is 6. The second-order valence-corrected chi connectivity index (χ2v) is 9.46. The molecule has 1 heterocycles. The number of fused-ring (bicyclic) bond motifs is 1. The van der Waals surface area contributed by atoms with Crippen LogP contribution in [0.5, 0.6) is 11.5 Å². The molecule has 0 radical (unpaired) electrons. The van der Waals surface area contributed by atoms with Crippen molar-refractivity contribution in [3.8, 4) is 11.5 Å². The predicted octanol–water partition coefficient (Wildman–Crippen LogP) is 2.80. The van der Waals surface area contributed by atoms with Gasteiger partial charge in [-0.1, -0.05) is 6.07 Å². The van der Waals surface area contributed by atoms with Crippen molar-refractivity contribution in [3.05, 3.63) is 23.8 Å². The van der Waals surface area contributed by atoms with Crippen molar-refractivity contribution in [1.29, 1.82) is 0 Å². The number of amides is 2. The Balaban J connectivity index is 1.07. The zero-order valence-electron chi connectivity index (χ0n) is 16.9. The molecule has 0 aromatic heterocycles. The highest BCUT2D eigenvalue weighted by atomic mass is 16.6. The molecule has 4 saturated carbocycles. The Labute approximate surface area is 171 Å². The van der Waals surface area contributed by atoms with Gasteiger partial charge < -0.3 is 20.1 Å². The number of carbonyl (C=O) groups excluding carboxylic acids is 2. The van der Waals surface area contributed by atoms with E-state index in [1.54, 1.807) is 0 Å². The molecular formula is C23H30N2O4. The lowest BCUT2D eigenvalue weighted by molar-refractivity contribution is -0.146. The van der Waals surface area contributed by atoms with Gasteiger partial charge in [-0.05, 0) is 74.0 Å². The Morgan fingerprint density at radius 1 is 0.931 bits per heavy atom. The zero-order valence-corrected chi connectivity index (χ0v) is 16.9. The zero-order chi connectivity index (χ0) is 19.8. The average Bonchev–Trinajstić information content (AvgIpc) is 2.71. The van der Waals surface area contributed by atoms with E-state index < -0.39 is 0 Å². The maximum absolute atomic E-state index is 12.9. The molecule has 0 atom stereocenters. The molecule has 0 spiro atoms. The number of ether oxygens (including phenoxy) is 2. The van der Waals surface area contributed by atoms with Crippen LogP contribution in [0.25, 0.3) is 0 Å². The summed E-state index contributed by atoms with van der Waals surface area (Å²) in [5, 5.41) is 6.00. The molecule has 2 N–H and O–H groups in total. The molecule has 4 fully saturated rings. The van der Waals surface area contributed by atoms with Crippen LogP contribution in [0.4, 0.5) is 0 Å². The fourth-order valence-corrected chi connectivity index (χ4v) is 6.35. The summed E-state index contributed by atoms with van der Waals surface area (Å²) in [4.78, 5) is 25.1. The highest BCUT2D eigenvalue weighted by molar-refractivity contribution is 5.84. The summed E-state index contributed by atoms with van der Waals surface area (Å²) in [6, 6.07) is 5.72. The van der Waals surface area contributed by atoms with Crippen molar-refractivity contribution in [2.45, 2.75) is 51.5 Å². The SMILES string of the molecule is O=C(CCNC(=O)C12CC3CC(CC(C3)C1)C2)NCc1ccc2c(c1)OCCO2. The van der Waals surface area contributed by atoms with Gasteiger partial charge in [0.15, 0.2) is 11.5 Å². The lowest BCUT2D eigenvalue weighted by atomic mass is 9.49. The molecule has 0 unspecified atom stereocenters. The predicted molar refractivity (Wildman–Crippen MR) is 108 cm³/mol. The van der Waals surface area contributed by atoms with E-state index in [4.69, 9.17) is 9.47 Å².